The average molecular weight is 366 g/mol. The lowest BCUT2D eigenvalue weighted by Crippen LogP contribution is -2.05. The second-order valence-corrected chi connectivity index (χ2v) is 5.64. The van der Waals surface area contributed by atoms with E-state index in [-0.39, 0.29) is 22.8 Å². The molecule has 0 amide bonds. The molecule has 0 saturated carbocycles. The molecule has 0 fully saturated rings. The molecule has 0 bridgehead atoms. The van der Waals surface area contributed by atoms with Gasteiger partial charge < -0.3 is 19.7 Å². The van der Waals surface area contributed by atoms with Crippen LogP contribution in [0.3, 0.4) is 0 Å². The van der Waals surface area contributed by atoms with Crippen LogP contribution in [0, 0.1) is 10.1 Å². The van der Waals surface area contributed by atoms with E-state index < -0.39 is 22.1 Å². The van der Waals surface area contributed by atoms with Gasteiger partial charge in [0.2, 0.25) is 17.1 Å². The van der Waals surface area contributed by atoms with E-state index in [0.717, 1.165) is 12.1 Å². The van der Waals surface area contributed by atoms with Crippen molar-refractivity contribution in [2.24, 2.45) is 0 Å². The van der Waals surface area contributed by atoms with Crippen LogP contribution in [0.2, 0.25) is 0 Å². The molecule has 3 N–H and O–H groups in total. The molecule has 4 aromatic rings. The maximum atomic E-state index is 11.9. The summed E-state index contributed by atoms with van der Waals surface area (Å²) in [6, 6.07) is 10.4. The van der Waals surface area contributed by atoms with Crippen molar-refractivity contribution in [2.45, 2.75) is 0 Å². The predicted octanol–water partition coefficient (Wildman–Crippen LogP) is 2.56. The number of para-hydroxylation sites is 1. The molecule has 0 aliphatic rings. The summed E-state index contributed by atoms with van der Waals surface area (Å²) in [5.74, 6) is -1.57. The number of phenolic OH excluding ortho intramolecular Hbond substituents is 2. The van der Waals surface area contributed by atoms with Crippen molar-refractivity contribution in [2.75, 3.05) is 0 Å². The number of hydrogen-bond acceptors (Lipinski definition) is 8. The van der Waals surface area contributed by atoms with Gasteiger partial charge in [-0.25, -0.2) is 0 Å². The normalized spacial score (nSPS) is 11.0. The summed E-state index contributed by atoms with van der Waals surface area (Å²) >= 11 is 0. The molecule has 134 valence electrons. The van der Waals surface area contributed by atoms with Crippen LogP contribution in [-0.4, -0.2) is 30.3 Å². The Hall–Kier alpha value is -4.21. The van der Waals surface area contributed by atoms with Gasteiger partial charge in [-0.3, -0.25) is 14.9 Å². The summed E-state index contributed by atoms with van der Waals surface area (Å²) < 4.78 is 5.13. The Bertz CT molecular complexity index is 1260. The van der Waals surface area contributed by atoms with E-state index in [0.29, 0.717) is 16.5 Å². The summed E-state index contributed by atoms with van der Waals surface area (Å²) in [6.07, 6.45) is 0. The number of phenols is 2. The van der Waals surface area contributed by atoms with Gasteiger partial charge in [0.1, 0.15) is 0 Å². The van der Waals surface area contributed by atoms with Crippen molar-refractivity contribution in [3.05, 3.63) is 62.9 Å². The van der Waals surface area contributed by atoms with Crippen molar-refractivity contribution in [1.29, 1.82) is 0 Å². The Morgan fingerprint density at radius 2 is 1.93 bits per heavy atom. The van der Waals surface area contributed by atoms with Gasteiger partial charge in [-0.1, -0.05) is 23.4 Å². The van der Waals surface area contributed by atoms with Crippen molar-refractivity contribution in [3.63, 3.8) is 0 Å². The third-order valence-electron chi connectivity index (χ3n) is 3.93. The van der Waals surface area contributed by atoms with Crippen LogP contribution >= 0.6 is 0 Å². The standard InChI is InChI=1S/C17H10N4O6/c22-13-6-8(5-12(15(13)24)21(25)26)17-19-16(20-27-17)10-7-14(23)18-11-4-2-1-3-9(10)11/h1-7,22,24H,(H,18,23). The SMILES string of the molecule is O=c1cc(-c2noc(-c3cc(O)c(O)c([N+](=O)[O-])c3)n2)c2ccccc2[nH]1. The van der Waals surface area contributed by atoms with Gasteiger partial charge in [-0.15, -0.1) is 0 Å². The molecule has 0 radical (unpaired) electrons. The fourth-order valence-electron chi connectivity index (χ4n) is 2.71. The highest BCUT2D eigenvalue weighted by molar-refractivity contribution is 5.92. The number of nitro benzene ring substituents is 1. The second kappa shape index (κ2) is 5.95. The summed E-state index contributed by atoms with van der Waals surface area (Å²) in [7, 11) is 0. The van der Waals surface area contributed by atoms with E-state index in [9.17, 15) is 25.1 Å². The molecule has 10 heteroatoms. The molecule has 2 aromatic heterocycles. The molecule has 0 saturated heterocycles. The fraction of sp³-hybridized carbons (Fsp3) is 0. The van der Waals surface area contributed by atoms with Crippen molar-refractivity contribution in [1.82, 2.24) is 15.1 Å². The predicted molar refractivity (Wildman–Crippen MR) is 93.3 cm³/mol. The van der Waals surface area contributed by atoms with Gasteiger partial charge in [0.25, 0.3) is 5.89 Å². The first kappa shape index (κ1) is 16.3. The maximum absolute atomic E-state index is 11.9. The van der Waals surface area contributed by atoms with Crippen LogP contribution in [0.15, 0.2) is 51.8 Å². The molecule has 27 heavy (non-hydrogen) atoms. The summed E-state index contributed by atoms with van der Waals surface area (Å²) in [5.41, 5.74) is -0.00432. The highest BCUT2D eigenvalue weighted by Gasteiger charge is 2.22. The first-order chi connectivity index (χ1) is 12.9. The first-order valence-corrected chi connectivity index (χ1v) is 7.61. The van der Waals surface area contributed by atoms with Gasteiger partial charge in [0, 0.05) is 28.6 Å². The topological polar surface area (TPSA) is 155 Å². The number of benzene rings is 2. The minimum absolute atomic E-state index is 0.0462. The number of rotatable bonds is 3. The van der Waals surface area contributed by atoms with E-state index in [2.05, 4.69) is 15.1 Å². The van der Waals surface area contributed by atoms with Gasteiger partial charge in [0.05, 0.1) is 10.5 Å². The molecule has 0 spiro atoms. The van der Waals surface area contributed by atoms with E-state index in [1.54, 1.807) is 24.3 Å². The minimum Gasteiger partial charge on any atom is -0.504 e. The number of pyridine rings is 1. The van der Waals surface area contributed by atoms with Crippen LogP contribution < -0.4 is 5.56 Å². The molecule has 0 aliphatic heterocycles. The Kier molecular flexibility index (Phi) is 3.58. The molecule has 10 nitrogen and oxygen atoms in total. The highest BCUT2D eigenvalue weighted by Crippen LogP contribution is 2.39. The molecular formula is C17H10N4O6. The lowest BCUT2D eigenvalue weighted by atomic mass is 10.1. The Morgan fingerprint density at radius 3 is 2.70 bits per heavy atom. The quantitative estimate of drug-likeness (QED) is 0.284. The van der Waals surface area contributed by atoms with E-state index in [4.69, 9.17) is 4.52 Å². The largest absolute Gasteiger partial charge is 0.504 e. The Balaban J connectivity index is 1.87. The van der Waals surface area contributed by atoms with Crippen LogP contribution in [0.4, 0.5) is 5.69 Å². The van der Waals surface area contributed by atoms with Gasteiger partial charge in [-0.2, -0.15) is 4.98 Å². The smallest absolute Gasteiger partial charge is 0.315 e. The van der Waals surface area contributed by atoms with Gasteiger partial charge in [-0.05, 0) is 12.1 Å². The zero-order valence-corrected chi connectivity index (χ0v) is 13.4. The number of aromatic amines is 1. The van der Waals surface area contributed by atoms with Crippen molar-refractivity contribution >= 4 is 16.6 Å². The summed E-state index contributed by atoms with van der Waals surface area (Å²) in [4.78, 5) is 28.9. The zero-order chi connectivity index (χ0) is 19.1. The van der Waals surface area contributed by atoms with Crippen LogP contribution in [-0.2, 0) is 0 Å². The first-order valence-electron chi connectivity index (χ1n) is 7.61. The van der Waals surface area contributed by atoms with Gasteiger partial charge in [0.15, 0.2) is 5.75 Å². The zero-order valence-electron chi connectivity index (χ0n) is 13.4. The maximum Gasteiger partial charge on any atom is 0.315 e. The third kappa shape index (κ3) is 2.74. The van der Waals surface area contributed by atoms with Gasteiger partial charge >= 0.3 is 5.69 Å². The molecule has 4 rings (SSSR count). The minimum atomic E-state index is -0.857. The lowest BCUT2D eigenvalue weighted by Gasteiger charge is -2.02. The molecule has 0 unspecified atom stereocenters. The van der Waals surface area contributed by atoms with Crippen molar-refractivity contribution in [3.8, 4) is 34.3 Å². The number of hydrogen-bond donors (Lipinski definition) is 3. The number of H-pyrrole nitrogens is 1. The number of fused-ring (bicyclic) bond motifs is 1. The number of nitrogens with zero attached hydrogens (tertiary/aromatic N) is 3. The number of aromatic nitrogens is 3. The third-order valence-corrected chi connectivity index (χ3v) is 3.93. The van der Waals surface area contributed by atoms with E-state index in [1.807, 2.05) is 0 Å². The molecular weight excluding hydrogens is 356 g/mol. The average Bonchev–Trinajstić information content (AvgIpc) is 3.12. The van der Waals surface area contributed by atoms with Crippen molar-refractivity contribution < 1.29 is 19.7 Å². The van der Waals surface area contributed by atoms with E-state index in [1.165, 1.54) is 6.07 Å². The molecule has 2 aromatic carbocycles. The Labute approximate surface area is 149 Å². The Morgan fingerprint density at radius 1 is 1.15 bits per heavy atom. The monoisotopic (exact) mass is 366 g/mol. The number of aromatic hydroxyl groups is 2. The summed E-state index contributed by atoms with van der Waals surface area (Å²) in [5, 5.41) is 34.8. The second-order valence-electron chi connectivity index (χ2n) is 5.64. The lowest BCUT2D eigenvalue weighted by molar-refractivity contribution is -0.385. The molecule has 0 atom stereocenters. The molecule has 0 aliphatic carbocycles. The van der Waals surface area contributed by atoms with E-state index >= 15 is 0 Å². The van der Waals surface area contributed by atoms with Crippen LogP contribution in [0.5, 0.6) is 11.5 Å². The highest BCUT2D eigenvalue weighted by atomic mass is 16.6. The summed E-state index contributed by atoms with van der Waals surface area (Å²) in [6.45, 7) is 0. The molecule has 2 heterocycles. The van der Waals surface area contributed by atoms with Crippen LogP contribution in [0.25, 0.3) is 33.7 Å². The fourth-order valence-corrected chi connectivity index (χ4v) is 2.71. The number of nitrogens with one attached hydrogen (secondary N) is 1. The van der Waals surface area contributed by atoms with Crippen LogP contribution in [0.1, 0.15) is 0 Å². The number of nitro groups is 1.